The average Bonchev–Trinajstić information content (AvgIpc) is 2.28. The first-order valence-corrected chi connectivity index (χ1v) is 5.93. The van der Waals surface area contributed by atoms with E-state index < -0.39 is 0 Å². The van der Waals surface area contributed by atoms with Crippen molar-refractivity contribution in [3.05, 3.63) is 17.6 Å². The third-order valence-electron chi connectivity index (χ3n) is 2.47. The maximum absolute atomic E-state index is 5.55. The summed E-state index contributed by atoms with van der Waals surface area (Å²) in [6.07, 6.45) is 0.950. The molecule has 0 saturated heterocycles. The second-order valence-corrected chi connectivity index (χ2v) is 4.04. The van der Waals surface area contributed by atoms with Gasteiger partial charge in [0.2, 0.25) is 0 Å². The number of methoxy groups -OCH3 is 1. The van der Waals surface area contributed by atoms with Crippen LogP contribution >= 0.6 is 0 Å². The van der Waals surface area contributed by atoms with Crippen LogP contribution in [0.3, 0.4) is 0 Å². The van der Waals surface area contributed by atoms with E-state index in [4.69, 9.17) is 10.5 Å². The number of nitrogens with zero attached hydrogens (tertiary/aromatic N) is 3. The molecule has 0 radical (unpaired) electrons. The fraction of sp³-hybridized carbons (Fsp3) is 0.667. The number of rotatable bonds is 7. The molecule has 0 spiro atoms. The van der Waals surface area contributed by atoms with E-state index in [-0.39, 0.29) is 0 Å². The van der Waals surface area contributed by atoms with Gasteiger partial charge in [-0.05, 0) is 26.8 Å². The smallest absolute Gasteiger partial charge is 0.132 e. The van der Waals surface area contributed by atoms with Crippen molar-refractivity contribution >= 4 is 5.82 Å². The quantitative estimate of drug-likeness (QED) is 0.764. The van der Waals surface area contributed by atoms with E-state index >= 15 is 0 Å². The summed E-state index contributed by atoms with van der Waals surface area (Å²) in [5.41, 5.74) is 6.54. The Bertz CT molecular complexity index is 315. The van der Waals surface area contributed by atoms with E-state index in [1.165, 1.54) is 0 Å². The number of ether oxygens (including phenoxy) is 1. The van der Waals surface area contributed by atoms with Crippen molar-refractivity contribution in [2.24, 2.45) is 5.73 Å². The van der Waals surface area contributed by atoms with Crippen molar-refractivity contribution < 1.29 is 4.74 Å². The Kier molecular flexibility index (Phi) is 5.86. The summed E-state index contributed by atoms with van der Waals surface area (Å²) in [5, 5.41) is 0. The molecule has 1 aromatic rings. The first kappa shape index (κ1) is 13.9. The normalized spacial score (nSPS) is 10.6. The minimum absolute atomic E-state index is 0.687. The van der Waals surface area contributed by atoms with Gasteiger partial charge in [-0.2, -0.15) is 0 Å². The van der Waals surface area contributed by atoms with Gasteiger partial charge in [-0.25, -0.2) is 9.97 Å². The molecule has 17 heavy (non-hydrogen) atoms. The summed E-state index contributed by atoms with van der Waals surface area (Å²) in [6.45, 7) is 6.99. The molecule has 0 fully saturated rings. The molecular formula is C12H22N4O. The van der Waals surface area contributed by atoms with Crippen LogP contribution in [0.1, 0.15) is 17.9 Å². The van der Waals surface area contributed by atoms with Crippen molar-refractivity contribution in [1.82, 2.24) is 9.97 Å². The second-order valence-electron chi connectivity index (χ2n) is 4.04. The predicted octanol–water partition coefficient (Wildman–Crippen LogP) is 0.895. The second kappa shape index (κ2) is 7.19. The lowest BCUT2D eigenvalue weighted by molar-refractivity contribution is 0.205. The molecule has 96 valence electrons. The van der Waals surface area contributed by atoms with Crippen molar-refractivity contribution in [1.29, 1.82) is 0 Å². The predicted molar refractivity (Wildman–Crippen MR) is 69.3 cm³/mol. The molecular weight excluding hydrogens is 216 g/mol. The molecule has 0 atom stereocenters. The molecule has 0 bridgehead atoms. The maximum Gasteiger partial charge on any atom is 0.132 e. The third-order valence-corrected chi connectivity index (χ3v) is 2.47. The van der Waals surface area contributed by atoms with Crippen LogP contribution in [0.25, 0.3) is 0 Å². The van der Waals surface area contributed by atoms with Crippen molar-refractivity contribution in [3.63, 3.8) is 0 Å². The molecule has 0 saturated carbocycles. The van der Waals surface area contributed by atoms with Gasteiger partial charge in [0, 0.05) is 32.0 Å². The van der Waals surface area contributed by atoms with Crippen LogP contribution in [0.2, 0.25) is 0 Å². The number of nitrogens with two attached hydrogens (primary N) is 1. The van der Waals surface area contributed by atoms with Gasteiger partial charge < -0.3 is 15.4 Å². The summed E-state index contributed by atoms with van der Waals surface area (Å²) in [4.78, 5) is 10.9. The Labute approximate surface area is 103 Å². The topological polar surface area (TPSA) is 64.3 Å². The van der Waals surface area contributed by atoms with Crippen LogP contribution in [-0.4, -0.2) is 43.3 Å². The van der Waals surface area contributed by atoms with Gasteiger partial charge in [0.25, 0.3) is 0 Å². The van der Waals surface area contributed by atoms with Gasteiger partial charge in [-0.3, -0.25) is 0 Å². The standard InChI is InChI=1S/C12H22N4O/c1-10-9-12(15-11(2)14-10)16(6-4-5-13)7-8-17-3/h9H,4-8,13H2,1-3H3. The van der Waals surface area contributed by atoms with Crippen molar-refractivity contribution in [2.45, 2.75) is 20.3 Å². The summed E-state index contributed by atoms with van der Waals surface area (Å²) in [7, 11) is 1.71. The van der Waals surface area contributed by atoms with Crippen LogP contribution in [0.15, 0.2) is 6.07 Å². The van der Waals surface area contributed by atoms with E-state index in [0.717, 1.165) is 36.8 Å². The Balaban J connectivity index is 2.78. The van der Waals surface area contributed by atoms with E-state index in [9.17, 15) is 0 Å². The van der Waals surface area contributed by atoms with Crippen molar-refractivity contribution in [2.75, 3.05) is 38.3 Å². The van der Waals surface area contributed by atoms with Gasteiger partial charge in [0.15, 0.2) is 0 Å². The van der Waals surface area contributed by atoms with E-state index in [0.29, 0.717) is 13.2 Å². The third kappa shape index (κ3) is 4.66. The highest BCUT2D eigenvalue weighted by atomic mass is 16.5. The van der Waals surface area contributed by atoms with Gasteiger partial charge in [0.05, 0.1) is 6.61 Å². The first-order chi connectivity index (χ1) is 8.17. The lowest BCUT2D eigenvalue weighted by atomic mass is 10.3. The number of hydrogen-bond donors (Lipinski definition) is 1. The number of aromatic nitrogens is 2. The Morgan fingerprint density at radius 1 is 1.29 bits per heavy atom. The summed E-state index contributed by atoms with van der Waals surface area (Å²) >= 11 is 0. The molecule has 0 unspecified atom stereocenters. The number of hydrogen-bond acceptors (Lipinski definition) is 5. The fourth-order valence-electron chi connectivity index (χ4n) is 1.68. The number of aryl methyl sites for hydroxylation is 2. The van der Waals surface area contributed by atoms with Crippen LogP contribution in [-0.2, 0) is 4.74 Å². The fourth-order valence-corrected chi connectivity index (χ4v) is 1.68. The lowest BCUT2D eigenvalue weighted by Crippen LogP contribution is -2.30. The highest BCUT2D eigenvalue weighted by molar-refractivity contribution is 5.39. The Morgan fingerprint density at radius 2 is 2.06 bits per heavy atom. The largest absolute Gasteiger partial charge is 0.383 e. The molecule has 0 aliphatic heterocycles. The SMILES string of the molecule is COCCN(CCCN)c1cc(C)nc(C)n1. The van der Waals surface area contributed by atoms with E-state index in [2.05, 4.69) is 14.9 Å². The summed E-state index contributed by atoms with van der Waals surface area (Å²) in [6, 6.07) is 2.00. The van der Waals surface area contributed by atoms with E-state index in [1.54, 1.807) is 7.11 Å². The average molecular weight is 238 g/mol. The molecule has 1 rings (SSSR count). The minimum atomic E-state index is 0.687. The zero-order chi connectivity index (χ0) is 12.7. The highest BCUT2D eigenvalue weighted by Crippen LogP contribution is 2.12. The zero-order valence-electron chi connectivity index (χ0n) is 10.9. The molecule has 5 heteroatoms. The van der Waals surface area contributed by atoms with Gasteiger partial charge >= 0.3 is 0 Å². The Morgan fingerprint density at radius 3 is 2.65 bits per heavy atom. The highest BCUT2D eigenvalue weighted by Gasteiger charge is 2.08. The molecule has 0 amide bonds. The van der Waals surface area contributed by atoms with Gasteiger partial charge in [0.1, 0.15) is 11.6 Å². The molecule has 1 aromatic heterocycles. The molecule has 5 nitrogen and oxygen atoms in total. The van der Waals surface area contributed by atoms with E-state index in [1.807, 2.05) is 19.9 Å². The molecule has 0 aromatic carbocycles. The van der Waals surface area contributed by atoms with Gasteiger partial charge in [-0.1, -0.05) is 0 Å². The van der Waals surface area contributed by atoms with Crippen LogP contribution in [0.4, 0.5) is 5.82 Å². The van der Waals surface area contributed by atoms with Gasteiger partial charge in [-0.15, -0.1) is 0 Å². The minimum Gasteiger partial charge on any atom is -0.383 e. The van der Waals surface area contributed by atoms with Crippen LogP contribution < -0.4 is 10.6 Å². The summed E-state index contributed by atoms with van der Waals surface area (Å²) < 4.78 is 5.12. The van der Waals surface area contributed by atoms with Crippen molar-refractivity contribution in [3.8, 4) is 0 Å². The Hall–Kier alpha value is -1.20. The first-order valence-electron chi connectivity index (χ1n) is 5.93. The molecule has 1 heterocycles. The molecule has 2 N–H and O–H groups in total. The molecule has 0 aliphatic rings. The number of anilines is 1. The van der Waals surface area contributed by atoms with Crippen LogP contribution in [0.5, 0.6) is 0 Å². The zero-order valence-corrected chi connectivity index (χ0v) is 10.9. The lowest BCUT2D eigenvalue weighted by Gasteiger charge is -2.23. The maximum atomic E-state index is 5.55. The molecule has 0 aliphatic carbocycles. The summed E-state index contributed by atoms with van der Waals surface area (Å²) in [5.74, 6) is 1.76. The van der Waals surface area contributed by atoms with Crippen LogP contribution in [0, 0.1) is 13.8 Å². The monoisotopic (exact) mass is 238 g/mol.